The van der Waals surface area contributed by atoms with Crippen LogP contribution < -0.4 is 14.8 Å². The number of halogens is 1. The van der Waals surface area contributed by atoms with Crippen LogP contribution in [0.2, 0.25) is 5.02 Å². The van der Waals surface area contributed by atoms with Gasteiger partial charge in [-0.2, -0.15) is 0 Å². The molecule has 0 saturated heterocycles. The van der Waals surface area contributed by atoms with Gasteiger partial charge in [0.25, 0.3) is 5.91 Å². The van der Waals surface area contributed by atoms with E-state index in [1.807, 2.05) is 13.8 Å². The van der Waals surface area contributed by atoms with Gasteiger partial charge in [0, 0.05) is 17.3 Å². The number of hydrogen-bond donors (Lipinski definition) is 2. The predicted octanol–water partition coefficient (Wildman–Crippen LogP) is 3.60. The topological polar surface area (TPSA) is 84.5 Å². The van der Waals surface area contributed by atoms with Crippen LogP contribution in [0.25, 0.3) is 0 Å². The van der Waals surface area contributed by atoms with Crippen molar-refractivity contribution in [3.8, 4) is 5.75 Å². The van der Waals surface area contributed by atoms with Gasteiger partial charge in [-0.25, -0.2) is 13.1 Å². The summed E-state index contributed by atoms with van der Waals surface area (Å²) >= 11 is 5.80. The van der Waals surface area contributed by atoms with Crippen molar-refractivity contribution in [3.05, 3.63) is 53.1 Å². The second kappa shape index (κ2) is 9.21. The van der Waals surface area contributed by atoms with E-state index in [2.05, 4.69) is 10.0 Å². The number of hydrogen-bond acceptors (Lipinski definition) is 4. The summed E-state index contributed by atoms with van der Waals surface area (Å²) in [6.45, 7) is 5.76. The van der Waals surface area contributed by atoms with Crippen molar-refractivity contribution in [1.29, 1.82) is 0 Å². The van der Waals surface area contributed by atoms with E-state index in [4.69, 9.17) is 16.3 Å². The van der Waals surface area contributed by atoms with E-state index in [9.17, 15) is 13.2 Å². The molecule has 0 aromatic heterocycles. The van der Waals surface area contributed by atoms with Crippen molar-refractivity contribution in [2.75, 3.05) is 18.5 Å². The highest BCUT2D eigenvalue weighted by atomic mass is 35.5. The molecule has 0 aliphatic heterocycles. The van der Waals surface area contributed by atoms with Crippen molar-refractivity contribution in [2.45, 2.75) is 25.7 Å². The summed E-state index contributed by atoms with van der Waals surface area (Å²) in [5, 5.41) is 3.27. The van der Waals surface area contributed by atoms with Gasteiger partial charge in [-0.05, 0) is 60.9 Å². The number of aryl methyl sites for hydroxylation is 1. The average molecular weight is 411 g/mol. The largest absolute Gasteiger partial charge is 0.483 e. The van der Waals surface area contributed by atoms with E-state index in [-0.39, 0.29) is 23.3 Å². The summed E-state index contributed by atoms with van der Waals surface area (Å²) in [4.78, 5) is 12.1. The van der Waals surface area contributed by atoms with E-state index in [1.165, 1.54) is 12.1 Å². The summed E-state index contributed by atoms with van der Waals surface area (Å²) in [6.07, 6.45) is 0. The van der Waals surface area contributed by atoms with Crippen molar-refractivity contribution in [3.63, 3.8) is 0 Å². The number of rotatable bonds is 8. The zero-order chi connectivity index (χ0) is 20.0. The molecule has 0 bridgehead atoms. The third kappa shape index (κ3) is 6.53. The quantitative estimate of drug-likeness (QED) is 0.696. The molecule has 6 nitrogen and oxygen atoms in total. The number of benzene rings is 2. The molecule has 2 aromatic carbocycles. The fourth-order valence-electron chi connectivity index (χ4n) is 2.18. The molecule has 8 heteroatoms. The van der Waals surface area contributed by atoms with Crippen molar-refractivity contribution in [1.82, 2.24) is 4.72 Å². The van der Waals surface area contributed by atoms with Crippen molar-refractivity contribution >= 4 is 33.2 Å². The minimum Gasteiger partial charge on any atom is -0.483 e. The minimum atomic E-state index is -3.57. The van der Waals surface area contributed by atoms with Crippen LogP contribution in [-0.4, -0.2) is 27.5 Å². The molecule has 2 N–H and O–H groups in total. The molecule has 0 aliphatic carbocycles. The summed E-state index contributed by atoms with van der Waals surface area (Å²) in [6, 6.07) is 11.3. The Morgan fingerprint density at radius 1 is 1.15 bits per heavy atom. The Morgan fingerprint density at radius 2 is 1.81 bits per heavy atom. The van der Waals surface area contributed by atoms with E-state index in [0.717, 1.165) is 0 Å². The molecule has 2 aromatic rings. The first-order valence-corrected chi connectivity index (χ1v) is 10.3. The zero-order valence-electron chi connectivity index (χ0n) is 15.5. The van der Waals surface area contributed by atoms with Crippen LogP contribution in [0.5, 0.6) is 5.75 Å². The highest BCUT2D eigenvalue weighted by Crippen LogP contribution is 2.22. The first-order valence-electron chi connectivity index (χ1n) is 8.46. The number of amides is 1. The third-order valence-corrected chi connectivity index (χ3v) is 5.30. The number of nitrogens with one attached hydrogen (secondary N) is 2. The Hall–Kier alpha value is -2.09. The SMILES string of the molecule is Cc1cc(S(=O)(=O)NCC(C)C)ccc1OCC(=O)Nc1ccc(Cl)cc1. The second-order valence-electron chi connectivity index (χ2n) is 6.52. The van der Waals surface area contributed by atoms with Gasteiger partial charge in [0.15, 0.2) is 6.61 Å². The fourth-order valence-corrected chi connectivity index (χ4v) is 3.61. The van der Waals surface area contributed by atoms with Crippen molar-refractivity contribution in [2.24, 2.45) is 5.92 Å². The standard InChI is InChI=1S/C19H23ClN2O4S/c1-13(2)11-21-27(24,25)17-8-9-18(14(3)10-17)26-12-19(23)22-16-6-4-15(20)5-7-16/h4-10,13,21H,11-12H2,1-3H3,(H,22,23). The molecule has 27 heavy (non-hydrogen) atoms. The normalized spacial score (nSPS) is 11.4. The van der Waals surface area contributed by atoms with Gasteiger partial charge < -0.3 is 10.1 Å². The lowest BCUT2D eigenvalue weighted by Crippen LogP contribution is -2.27. The highest BCUT2D eigenvalue weighted by Gasteiger charge is 2.16. The maximum absolute atomic E-state index is 12.3. The van der Waals surface area contributed by atoms with Gasteiger partial charge in [-0.3, -0.25) is 4.79 Å². The number of ether oxygens (including phenoxy) is 1. The Morgan fingerprint density at radius 3 is 2.41 bits per heavy atom. The molecule has 0 heterocycles. The summed E-state index contributed by atoms with van der Waals surface area (Å²) in [5.74, 6) is 0.332. The maximum Gasteiger partial charge on any atom is 0.262 e. The third-order valence-electron chi connectivity index (χ3n) is 3.63. The Labute approximate surface area is 164 Å². The van der Waals surface area contributed by atoms with Gasteiger partial charge >= 0.3 is 0 Å². The molecule has 0 saturated carbocycles. The lowest BCUT2D eigenvalue weighted by Gasteiger charge is -2.12. The zero-order valence-corrected chi connectivity index (χ0v) is 17.0. The molecule has 0 atom stereocenters. The van der Waals surface area contributed by atoms with Gasteiger partial charge in [0.05, 0.1) is 4.90 Å². The maximum atomic E-state index is 12.3. The van der Waals surface area contributed by atoms with E-state index in [0.29, 0.717) is 28.6 Å². The number of anilines is 1. The Balaban J connectivity index is 1.97. The molecule has 2 rings (SSSR count). The van der Waals surface area contributed by atoms with Crippen LogP contribution in [0.1, 0.15) is 19.4 Å². The van der Waals surface area contributed by atoms with E-state index in [1.54, 1.807) is 37.3 Å². The molecule has 0 fully saturated rings. The molecule has 0 radical (unpaired) electrons. The Bertz CT molecular complexity index is 896. The first-order chi connectivity index (χ1) is 12.7. The van der Waals surface area contributed by atoms with Gasteiger partial charge in [0.2, 0.25) is 10.0 Å². The van der Waals surface area contributed by atoms with Gasteiger partial charge in [-0.15, -0.1) is 0 Å². The van der Waals surface area contributed by atoms with Crippen LogP contribution in [0.4, 0.5) is 5.69 Å². The minimum absolute atomic E-state index is 0.165. The van der Waals surface area contributed by atoms with Crippen LogP contribution in [0.3, 0.4) is 0 Å². The average Bonchev–Trinajstić information content (AvgIpc) is 2.61. The summed E-state index contributed by atoms with van der Waals surface area (Å²) in [5.41, 5.74) is 1.24. The molecule has 0 spiro atoms. The van der Waals surface area contributed by atoms with Gasteiger partial charge in [-0.1, -0.05) is 25.4 Å². The number of carbonyl (C=O) groups is 1. The highest BCUT2D eigenvalue weighted by molar-refractivity contribution is 7.89. The molecular weight excluding hydrogens is 388 g/mol. The van der Waals surface area contributed by atoms with Crippen LogP contribution in [-0.2, 0) is 14.8 Å². The lowest BCUT2D eigenvalue weighted by atomic mass is 10.2. The first kappa shape index (κ1) is 21.2. The summed E-state index contributed by atoms with van der Waals surface area (Å²) in [7, 11) is -3.57. The van der Waals surface area contributed by atoms with Crippen LogP contribution in [0, 0.1) is 12.8 Å². The molecule has 1 amide bonds. The van der Waals surface area contributed by atoms with Crippen LogP contribution >= 0.6 is 11.6 Å². The molecular formula is C19H23ClN2O4S. The smallest absolute Gasteiger partial charge is 0.262 e. The number of sulfonamides is 1. The van der Waals surface area contributed by atoms with Crippen molar-refractivity contribution < 1.29 is 17.9 Å². The lowest BCUT2D eigenvalue weighted by molar-refractivity contribution is -0.118. The van der Waals surface area contributed by atoms with Crippen LogP contribution in [0.15, 0.2) is 47.4 Å². The summed E-state index contributed by atoms with van der Waals surface area (Å²) < 4.78 is 32.6. The second-order valence-corrected chi connectivity index (χ2v) is 8.72. The fraction of sp³-hybridized carbons (Fsp3) is 0.316. The molecule has 0 unspecified atom stereocenters. The molecule has 0 aliphatic rings. The van der Waals surface area contributed by atoms with Gasteiger partial charge in [0.1, 0.15) is 5.75 Å². The Kier molecular flexibility index (Phi) is 7.24. The number of carbonyl (C=O) groups excluding carboxylic acids is 1. The van der Waals surface area contributed by atoms with E-state index < -0.39 is 10.0 Å². The monoisotopic (exact) mass is 410 g/mol. The van der Waals surface area contributed by atoms with E-state index >= 15 is 0 Å². The molecule has 146 valence electrons. The predicted molar refractivity (Wildman–Crippen MR) is 107 cm³/mol.